The first kappa shape index (κ1) is 21.0. The number of halogens is 1. The van der Waals surface area contributed by atoms with Crippen LogP contribution in [-0.2, 0) is 15.7 Å². The van der Waals surface area contributed by atoms with Gasteiger partial charge in [0.2, 0.25) is 0 Å². The fourth-order valence-corrected chi connectivity index (χ4v) is 4.00. The molecule has 0 unspecified atom stereocenters. The molecule has 144 valence electrons. The number of nitrogens with one attached hydrogen (secondary N) is 1. The molecule has 0 aliphatic rings. The Morgan fingerprint density at radius 1 is 1.42 bits per heavy atom. The number of nitrogens with zero attached hydrogens (tertiary/aromatic N) is 2. The Kier molecular flexibility index (Phi) is 6.62. The second kappa shape index (κ2) is 8.18. The van der Waals surface area contributed by atoms with Crippen molar-refractivity contribution in [2.75, 3.05) is 11.1 Å². The van der Waals surface area contributed by atoms with Gasteiger partial charge >= 0.3 is 0 Å². The molecule has 2 aromatic rings. The average Bonchev–Trinajstić information content (AvgIpc) is 2.95. The van der Waals surface area contributed by atoms with Crippen molar-refractivity contribution >= 4 is 38.7 Å². The van der Waals surface area contributed by atoms with Crippen molar-refractivity contribution in [2.24, 2.45) is 0 Å². The van der Waals surface area contributed by atoms with Crippen molar-refractivity contribution in [1.82, 2.24) is 9.97 Å². The minimum absolute atomic E-state index is 0.0531. The zero-order valence-electron chi connectivity index (χ0n) is 14.7. The van der Waals surface area contributed by atoms with E-state index in [2.05, 4.69) is 15.3 Å². The van der Waals surface area contributed by atoms with Gasteiger partial charge in [0.05, 0.1) is 17.0 Å². The third kappa shape index (κ3) is 6.17. The van der Waals surface area contributed by atoms with E-state index in [4.69, 9.17) is 16.2 Å². The Morgan fingerprint density at radius 3 is 2.69 bits per heavy atom. The maximum Gasteiger partial charge on any atom is 0.264 e. The number of anilines is 1. The summed E-state index contributed by atoms with van der Waals surface area (Å²) in [5.74, 6) is -0.273. The molecule has 0 radical (unpaired) electrons. The summed E-state index contributed by atoms with van der Waals surface area (Å²) in [6, 6.07) is 1.63. The van der Waals surface area contributed by atoms with E-state index in [0.29, 0.717) is 28.7 Å². The van der Waals surface area contributed by atoms with Crippen LogP contribution in [0.5, 0.6) is 0 Å². The van der Waals surface area contributed by atoms with E-state index >= 15 is 0 Å². The molecule has 0 aliphatic heterocycles. The molecule has 7 nitrogen and oxygen atoms in total. The van der Waals surface area contributed by atoms with Gasteiger partial charge in [-0.2, -0.15) is 8.42 Å². The summed E-state index contributed by atoms with van der Waals surface area (Å²) in [6.07, 6.45) is 2.50. The van der Waals surface area contributed by atoms with Gasteiger partial charge in [-0.15, -0.1) is 11.3 Å². The smallest absolute Gasteiger partial charge is 0.264 e. The first-order valence-corrected chi connectivity index (χ1v) is 10.9. The van der Waals surface area contributed by atoms with E-state index in [9.17, 15) is 13.5 Å². The summed E-state index contributed by atoms with van der Waals surface area (Å²) in [7, 11) is -3.95. The van der Waals surface area contributed by atoms with Crippen LogP contribution < -0.4 is 5.32 Å². The van der Waals surface area contributed by atoms with Crippen molar-refractivity contribution in [3.05, 3.63) is 28.5 Å². The van der Waals surface area contributed by atoms with Gasteiger partial charge in [-0.05, 0) is 39.7 Å². The zero-order valence-corrected chi connectivity index (χ0v) is 17.1. The quantitative estimate of drug-likeness (QED) is 0.443. The zero-order chi connectivity index (χ0) is 19.5. The molecule has 0 amide bonds. The number of aliphatic hydroxyl groups is 1. The normalized spacial score (nSPS) is 13.6. The van der Waals surface area contributed by atoms with Crippen LogP contribution in [0, 0.1) is 0 Å². The number of hydrogen-bond donors (Lipinski definition) is 3. The molecular formula is C16H22ClN3O4S2. The molecule has 0 fully saturated rings. The Bertz CT molecular complexity index is 863. The van der Waals surface area contributed by atoms with Crippen LogP contribution in [-0.4, -0.2) is 39.8 Å². The van der Waals surface area contributed by atoms with Gasteiger partial charge in [0, 0.05) is 23.3 Å². The number of rotatable bonds is 8. The van der Waals surface area contributed by atoms with E-state index in [-0.39, 0.29) is 11.8 Å². The summed E-state index contributed by atoms with van der Waals surface area (Å²) in [5, 5.41) is 16.2. The third-order valence-corrected chi connectivity index (χ3v) is 5.56. The predicted molar refractivity (Wildman–Crippen MR) is 104 cm³/mol. The maximum atomic E-state index is 10.8. The molecule has 2 heterocycles. The molecule has 2 rings (SSSR count). The van der Waals surface area contributed by atoms with Crippen molar-refractivity contribution in [3.63, 3.8) is 0 Å². The van der Waals surface area contributed by atoms with Gasteiger partial charge in [0.25, 0.3) is 10.1 Å². The Morgan fingerprint density at radius 2 is 2.12 bits per heavy atom. The average molecular weight is 420 g/mol. The molecule has 3 N–H and O–H groups in total. The minimum Gasteiger partial charge on any atom is -0.384 e. The second-order valence-corrected chi connectivity index (χ2v) is 9.44. The van der Waals surface area contributed by atoms with E-state index < -0.39 is 15.7 Å². The molecule has 0 aromatic carbocycles. The molecule has 1 atom stereocenters. The van der Waals surface area contributed by atoms with E-state index in [1.165, 1.54) is 11.3 Å². The third-order valence-electron chi connectivity index (χ3n) is 3.67. The highest BCUT2D eigenvalue weighted by molar-refractivity contribution is 7.85. The highest BCUT2D eigenvalue weighted by atomic mass is 35.5. The Labute approximate surface area is 162 Å². The van der Waals surface area contributed by atoms with Gasteiger partial charge in [-0.3, -0.25) is 4.55 Å². The largest absolute Gasteiger partial charge is 0.384 e. The van der Waals surface area contributed by atoms with Crippen LogP contribution in [0.3, 0.4) is 0 Å². The van der Waals surface area contributed by atoms with Gasteiger partial charge in [0.15, 0.2) is 0 Å². The van der Waals surface area contributed by atoms with Gasteiger partial charge < -0.3 is 10.4 Å². The molecule has 0 saturated heterocycles. The summed E-state index contributed by atoms with van der Waals surface area (Å²) in [5.41, 5.74) is 1.00. The lowest BCUT2D eigenvalue weighted by Gasteiger charge is -2.17. The van der Waals surface area contributed by atoms with Crippen LogP contribution in [0.4, 0.5) is 5.69 Å². The summed E-state index contributed by atoms with van der Waals surface area (Å²) in [4.78, 5) is 8.58. The highest BCUT2D eigenvalue weighted by Crippen LogP contribution is 2.34. The molecule has 0 saturated carbocycles. The first-order chi connectivity index (χ1) is 12.0. The van der Waals surface area contributed by atoms with Crippen LogP contribution in [0.1, 0.15) is 39.3 Å². The van der Waals surface area contributed by atoms with E-state index in [1.54, 1.807) is 31.5 Å². The topological polar surface area (TPSA) is 112 Å². The number of aromatic nitrogens is 2. The summed E-state index contributed by atoms with van der Waals surface area (Å²) >= 11 is 7.40. The van der Waals surface area contributed by atoms with Crippen LogP contribution in [0.2, 0.25) is 5.15 Å². The van der Waals surface area contributed by atoms with Crippen molar-refractivity contribution in [2.45, 2.75) is 45.3 Å². The Hall–Kier alpha value is -1.26. The van der Waals surface area contributed by atoms with E-state index in [0.717, 1.165) is 11.3 Å². The number of hydrogen-bond acceptors (Lipinski definition) is 7. The molecular weight excluding hydrogens is 398 g/mol. The highest BCUT2D eigenvalue weighted by Gasteiger charge is 2.21. The lowest BCUT2D eigenvalue weighted by Crippen LogP contribution is -2.17. The van der Waals surface area contributed by atoms with Crippen LogP contribution in [0.25, 0.3) is 10.6 Å². The van der Waals surface area contributed by atoms with E-state index in [1.807, 2.05) is 6.92 Å². The number of pyridine rings is 1. The molecule has 10 heteroatoms. The maximum absolute atomic E-state index is 10.8. The fraction of sp³-hybridized carbons (Fsp3) is 0.500. The van der Waals surface area contributed by atoms with Crippen molar-refractivity contribution < 1.29 is 18.1 Å². The SMILES string of the molecule is C[C@@H](CCCS(=O)(=O)O)Nc1cc(Cl)ncc1-c1nc(C(C)(C)O)cs1. The van der Waals surface area contributed by atoms with Crippen LogP contribution >= 0.6 is 22.9 Å². The second-order valence-electron chi connectivity index (χ2n) is 6.62. The molecule has 2 aromatic heterocycles. The summed E-state index contributed by atoms with van der Waals surface area (Å²) in [6.45, 7) is 5.25. The number of thiazole rings is 1. The molecule has 0 bridgehead atoms. The molecule has 26 heavy (non-hydrogen) atoms. The predicted octanol–water partition coefficient (Wildman–Crippen LogP) is 3.55. The fourth-order valence-electron chi connectivity index (χ4n) is 2.31. The lowest BCUT2D eigenvalue weighted by molar-refractivity contribution is 0.0746. The standard InChI is InChI=1S/C16H22ClN3O4S2/c1-10(5-4-6-26(22,23)24)19-12-7-14(17)18-8-11(12)15-20-13(9-25-15)16(2,3)21/h7-10,21H,4-6H2,1-3H3,(H,18,19)(H,22,23,24)/t10-/m0/s1. The Balaban J connectivity index is 2.18. The van der Waals surface area contributed by atoms with Crippen LogP contribution in [0.15, 0.2) is 17.6 Å². The molecule has 0 spiro atoms. The first-order valence-electron chi connectivity index (χ1n) is 8.01. The van der Waals surface area contributed by atoms with Crippen molar-refractivity contribution in [1.29, 1.82) is 0 Å². The minimum atomic E-state index is -3.95. The monoisotopic (exact) mass is 419 g/mol. The summed E-state index contributed by atoms with van der Waals surface area (Å²) < 4.78 is 30.5. The lowest BCUT2D eigenvalue weighted by atomic mass is 10.1. The van der Waals surface area contributed by atoms with Gasteiger partial charge in [-0.25, -0.2) is 9.97 Å². The van der Waals surface area contributed by atoms with Gasteiger partial charge in [0.1, 0.15) is 15.8 Å². The van der Waals surface area contributed by atoms with Crippen molar-refractivity contribution in [3.8, 4) is 10.6 Å². The molecule has 0 aliphatic carbocycles. The van der Waals surface area contributed by atoms with Gasteiger partial charge in [-0.1, -0.05) is 11.6 Å².